The Morgan fingerprint density at radius 1 is 0.841 bits per heavy atom. The molecule has 0 spiro atoms. The molecule has 9 nitrogen and oxygen atoms in total. The summed E-state index contributed by atoms with van der Waals surface area (Å²) in [6.45, 7) is 10.7. The topological polar surface area (TPSA) is 120 Å². The molecule has 9 heteroatoms. The quantitative estimate of drug-likeness (QED) is 0.198. The second-order valence-corrected chi connectivity index (χ2v) is 13.3. The Hall–Kier alpha value is -3.43. The lowest BCUT2D eigenvalue weighted by atomic mass is 9.88. The number of nitrogens with zero attached hydrogens (tertiary/aromatic N) is 1. The predicted molar refractivity (Wildman–Crippen MR) is 175 cm³/mol. The summed E-state index contributed by atoms with van der Waals surface area (Å²) >= 11 is 0. The molecule has 0 fully saturated rings. The number of alkyl carbamates (subject to hydrolysis) is 1. The van der Waals surface area contributed by atoms with Gasteiger partial charge in [0.25, 0.3) is 0 Å². The molecule has 0 aliphatic carbocycles. The van der Waals surface area contributed by atoms with Gasteiger partial charge in [-0.3, -0.25) is 9.59 Å². The molecule has 4 atom stereocenters. The van der Waals surface area contributed by atoms with E-state index in [1.54, 1.807) is 20.8 Å². The van der Waals surface area contributed by atoms with Crippen molar-refractivity contribution in [2.45, 2.75) is 90.5 Å². The number of rotatable bonds is 17. The van der Waals surface area contributed by atoms with Crippen LogP contribution in [0.15, 0.2) is 60.7 Å². The van der Waals surface area contributed by atoms with Crippen molar-refractivity contribution >= 4 is 17.9 Å². The van der Waals surface area contributed by atoms with Crippen molar-refractivity contribution < 1.29 is 24.2 Å². The predicted octanol–water partition coefficient (Wildman–Crippen LogP) is 4.33. The van der Waals surface area contributed by atoms with Gasteiger partial charge in [0, 0.05) is 12.5 Å². The number of aliphatic hydroxyl groups excluding tert-OH is 1. The van der Waals surface area contributed by atoms with Gasteiger partial charge in [0.1, 0.15) is 11.6 Å². The minimum absolute atomic E-state index is 0.0763. The van der Waals surface area contributed by atoms with Gasteiger partial charge in [-0.25, -0.2) is 4.79 Å². The lowest BCUT2D eigenvalue weighted by Crippen LogP contribution is -2.51. The number of aliphatic hydroxyl groups is 1. The molecule has 3 amide bonds. The molecule has 0 aliphatic heterocycles. The molecule has 0 heterocycles. The third-order valence-corrected chi connectivity index (χ3v) is 7.11. The maximum Gasteiger partial charge on any atom is 0.407 e. The first-order chi connectivity index (χ1) is 20.7. The summed E-state index contributed by atoms with van der Waals surface area (Å²) in [5.74, 6) is -0.988. The highest BCUT2D eigenvalue weighted by atomic mass is 16.6. The maximum atomic E-state index is 13.9. The molecule has 2 rings (SSSR count). The minimum atomic E-state index is -1.06. The van der Waals surface area contributed by atoms with Crippen LogP contribution in [-0.4, -0.2) is 78.9 Å². The molecule has 0 saturated heterocycles. The van der Waals surface area contributed by atoms with E-state index in [9.17, 15) is 19.5 Å². The summed E-state index contributed by atoms with van der Waals surface area (Å²) in [6.07, 6.45) is 0.391. The lowest BCUT2D eigenvalue weighted by molar-refractivity contribution is -0.132. The van der Waals surface area contributed by atoms with Crippen LogP contribution in [0.2, 0.25) is 0 Å². The zero-order valence-corrected chi connectivity index (χ0v) is 27.6. The van der Waals surface area contributed by atoms with Gasteiger partial charge in [-0.2, -0.15) is 0 Å². The van der Waals surface area contributed by atoms with Crippen LogP contribution < -0.4 is 16.0 Å². The van der Waals surface area contributed by atoms with Gasteiger partial charge in [0.05, 0.1) is 12.1 Å². The van der Waals surface area contributed by atoms with Gasteiger partial charge in [0.15, 0.2) is 0 Å². The van der Waals surface area contributed by atoms with E-state index in [1.165, 1.54) is 0 Å². The monoisotopic (exact) mass is 610 g/mol. The number of benzene rings is 2. The van der Waals surface area contributed by atoms with Crippen LogP contribution in [0.3, 0.4) is 0 Å². The van der Waals surface area contributed by atoms with Crippen molar-refractivity contribution in [3.05, 3.63) is 71.8 Å². The van der Waals surface area contributed by atoms with E-state index in [0.29, 0.717) is 25.8 Å². The molecule has 4 N–H and O–H groups in total. The molecule has 0 aromatic heterocycles. The zero-order chi connectivity index (χ0) is 32.7. The normalized spacial score (nSPS) is 14.4. The Morgan fingerprint density at radius 2 is 1.41 bits per heavy atom. The van der Waals surface area contributed by atoms with Gasteiger partial charge < -0.3 is 30.7 Å². The van der Waals surface area contributed by atoms with Gasteiger partial charge in [-0.15, -0.1) is 0 Å². The minimum Gasteiger partial charge on any atom is -0.444 e. The molecule has 0 saturated carbocycles. The number of hydrogen-bond acceptors (Lipinski definition) is 6. The van der Waals surface area contributed by atoms with Crippen LogP contribution in [0, 0.1) is 11.8 Å². The molecule has 2 aromatic rings. The third kappa shape index (κ3) is 14.8. The highest BCUT2D eigenvalue weighted by molar-refractivity contribution is 5.88. The van der Waals surface area contributed by atoms with E-state index in [-0.39, 0.29) is 24.2 Å². The third-order valence-electron chi connectivity index (χ3n) is 7.11. The lowest BCUT2D eigenvalue weighted by Gasteiger charge is -2.30. The summed E-state index contributed by atoms with van der Waals surface area (Å²) in [5, 5.41) is 20.4. The van der Waals surface area contributed by atoms with Crippen LogP contribution in [0.5, 0.6) is 0 Å². The van der Waals surface area contributed by atoms with Crippen molar-refractivity contribution in [2.24, 2.45) is 11.8 Å². The fraction of sp³-hybridized carbons (Fsp3) is 0.571. The summed E-state index contributed by atoms with van der Waals surface area (Å²) in [5.41, 5.74) is 1.16. The van der Waals surface area contributed by atoms with E-state index in [1.807, 2.05) is 88.6 Å². The van der Waals surface area contributed by atoms with Crippen LogP contribution in [0.4, 0.5) is 4.79 Å². The number of carbonyl (C=O) groups excluding carboxylic acids is 3. The average Bonchev–Trinajstić information content (AvgIpc) is 2.93. The van der Waals surface area contributed by atoms with Crippen LogP contribution >= 0.6 is 0 Å². The van der Waals surface area contributed by atoms with Crippen molar-refractivity contribution in [3.8, 4) is 0 Å². The van der Waals surface area contributed by atoms with Crippen LogP contribution in [-0.2, 0) is 27.2 Å². The number of nitrogens with one attached hydrogen (secondary N) is 3. The Kier molecular flexibility index (Phi) is 15.4. The van der Waals surface area contributed by atoms with E-state index < -0.39 is 35.8 Å². The first kappa shape index (κ1) is 36.8. The van der Waals surface area contributed by atoms with Crippen LogP contribution in [0.1, 0.15) is 65.0 Å². The first-order valence-corrected chi connectivity index (χ1v) is 15.7. The van der Waals surface area contributed by atoms with Crippen LogP contribution in [0.25, 0.3) is 0 Å². The maximum absolute atomic E-state index is 13.9. The second kappa shape index (κ2) is 18.4. The smallest absolute Gasteiger partial charge is 0.407 e. The standard InChI is InChI=1S/C35H54N4O5/c1-25(2)21-30(33(42)36-19-14-20-39(6)7)37-32(41)28(22-26-15-10-8-11-16-26)24-31(40)29(23-27-17-12-9-13-18-27)38-34(43)44-35(3,4)5/h8-13,15-18,25,28-31,40H,14,19-24H2,1-7H3,(H,36,42)(H,37,41)(H,38,43)/t28-,29-,30-,31-/m0/s1. The molecule has 0 bridgehead atoms. The summed E-state index contributed by atoms with van der Waals surface area (Å²) in [6, 6.07) is 17.8. The summed E-state index contributed by atoms with van der Waals surface area (Å²) in [4.78, 5) is 41.9. The van der Waals surface area contributed by atoms with Crippen molar-refractivity contribution in [1.29, 1.82) is 0 Å². The van der Waals surface area contributed by atoms with Crippen molar-refractivity contribution in [1.82, 2.24) is 20.9 Å². The van der Waals surface area contributed by atoms with E-state index in [4.69, 9.17) is 4.74 Å². The Labute approximate surface area is 264 Å². The molecule has 0 unspecified atom stereocenters. The molecular formula is C35H54N4O5. The number of hydrogen-bond donors (Lipinski definition) is 4. The Balaban J connectivity index is 2.27. The summed E-state index contributed by atoms with van der Waals surface area (Å²) in [7, 11) is 3.97. The fourth-order valence-electron chi connectivity index (χ4n) is 4.97. The van der Waals surface area contributed by atoms with Crippen molar-refractivity contribution in [2.75, 3.05) is 27.2 Å². The van der Waals surface area contributed by atoms with E-state index in [2.05, 4.69) is 20.9 Å². The highest BCUT2D eigenvalue weighted by Gasteiger charge is 2.32. The second-order valence-electron chi connectivity index (χ2n) is 13.3. The van der Waals surface area contributed by atoms with Gasteiger partial charge in [0.2, 0.25) is 11.8 Å². The molecule has 2 aromatic carbocycles. The van der Waals surface area contributed by atoms with Gasteiger partial charge >= 0.3 is 6.09 Å². The average molecular weight is 611 g/mol. The van der Waals surface area contributed by atoms with E-state index >= 15 is 0 Å². The molecule has 0 aliphatic rings. The molecular weight excluding hydrogens is 556 g/mol. The van der Waals surface area contributed by atoms with Gasteiger partial charge in [-0.1, -0.05) is 74.5 Å². The summed E-state index contributed by atoms with van der Waals surface area (Å²) < 4.78 is 5.49. The Morgan fingerprint density at radius 3 is 1.93 bits per heavy atom. The van der Waals surface area contributed by atoms with Gasteiger partial charge in [-0.05, 0) is 90.6 Å². The zero-order valence-electron chi connectivity index (χ0n) is 27.6. The first-order valence-electron chi connectivity index (χ1n) is 15.7. The number of ether oxygens (including phenoxy) is 1. The molecule has 244 valence electrons. The molecule has 0 radical (unpaired) electrons. The molecule has 44 heavy (non-hydrogen) atoms. The largest absolute Gasteiger partial charge is 0.444 e. The SMILES string of the molecule is CC(C)C[C@H](NC(=O)[C@@H](Cc1ccccc1)C[C@H](O)[C@H](Cc1ccccc1)NC(=O)OC(C)(C)C)C(=O)NCCCN(C)C. The Bertz CT molecular complexity index is 1130. The van der Waals surface area contributed by atoms with Crippen molar-refractivity contribution in [3.63, 3.8) is 0 Å². The highest BCUT2D eigenvalue weighted by Crippen LogP contribution is 2.20. The fourth-order valence-corrected chi connectivity index (χ4v) is 4.97. The van der Waals surface area contributed by atoms with E-state index in [0.717, 1.165) is 24.1 Å². The number of amides is 3. The number of carbonyl (C=O) groups is 3.